The largest absolute Gasteiger partial charge is 0.489 e. The number of ether oxygens (including phenoxy) is 2. The van der Waals surface area contributed by atoms with Gasteiger partial charge in [-0.15, -0.1) is 0 Å². The van der Waals surface area contributed by atoms with Gasteiger partial charge in [-0.2, -0.15) is 0 Å². The van der Waals surface area contributed by atoms with Crippen LogP contribution in [0.1, 0.15) is 47.4 Å². The molecule has 2 aliphatic rings. The SMILES string of the molecule is Cc1oc2ccc(OCc3ccccc3)cc2c1C(=O)N1CCC2(CCOCC2)CC1. The van der Waals surface area contributed by atoms with Gasteiger partial charge in [-0.05, 0) is 61.8 Å². The predicted molar refractivity (Wildman–Crippen MR) is 119 cm³/mol. The number of likely N-dealkylation sites (tertiary alicyclic amines) is 1. The lowest BCUT2D eigenvalue weighted by Crippen LogP contribution is -2.45. The van der Waals surface area contributed by atoms with Crippen LogP contribution >= 0.6 is 0 Å². The van der Waals surface area contributed by atoms with E-state index in [-0.39, 0.29) is 5.91 Å². The molecule has 0 unspecified atom stereocenters. The van der Waals surface area contributed by atoms with Gasteiger partial charge in [0.05, 0.1) is 5.56 Å². The van der Waals surface area contributed by atoms with Crippen LogP contribution in [0.5, 0.6) is 5.75 Å². The van der Waals surface area contributed by atoms with Gasteiger partial charge in [0, 0.05) is 31.7 Å². The minimum Gasteiger partial charge on any atom is -0.489 e. The highest BCUT2D eigenvalue weighted by Gasteiger charge is 2.38. The summed E-state index contributed by atoms with van der Waals surface area (Å²) in [7, 11) is 0. The first-order chi connectivity index (χ1) is 15.1. The number of amides is 1. The maximum atomic E-state index is 13.5. The summed E-state index contributed by atoms with van der Waals surface area (Å²) in [6.45, 7) is 5.67. The second-order valence-corrected chi connectivity index (χ2v) is 8.87. The molecule has 0 N–H and O–H groups in total. The van der Waals surface area contributed by atoms with Gasteiger partial charge in [-0.3, -0.25) is 4.79 Å². The van der Waals surface area contributed by atoms with E-state index in [1.165, 1.54) is 0 Å². The number of aryl methyl sites for hydroxylation is 1. The van der Waals surface area contributed by atoms with Gasteiger partial charge in [-0.1, -0.05) is 30.3 Å². The molecule has 31 heavy (non-hydrogen) atoms. The lowest BCUT2D eigenvalue weighted by Gasteiger charge is -2.44. The van der Waals surface area contributed by atoms with Crippen LogP contribution in [0.25, 0.3) is 11.0 Å². The highest BCUT2D eigenvalue weighted by Crippen LogP contribution is 2.41. The molecule has 0 saturated carbocycles. The molecule has 3 aromatic rings. The Morgan fingerprint density at radius 3 is 2.52 bits per heavy atom. The van der Waals surface area contributed by atoms with E-state index in [1.807, 2.05) is 60.4 Å². The van der Waals surface area contributed by atoms with Crippen molar-refractivity contribution in [2.24, 2.45) is 5.41 Å². The zero-order valence-electron chi connectivity index (χ0n) is 18.1. The molecule has 2 aromatic carbocycles. The van der Waals surface area contributed by atoms with Crippen molar-refractivity contribution >= 4 is 16.9 Å². The number of nitrogens with zero attached hydrogens (tertiary/aromatic N) is 1. The average Bonchev–Trinajstić information content (AvgIpc) is 3.14. The van der Waals surface area contributed by atoms with Crippen molar-refractivity contribution in [3.05, 3.63) is 65.4 Å². The standard InChI is InChI=1S/C26H29NO4/c1-19-24(25(28)27-13-9-26(10-14-27)11-15-29-16-12-26)22-17-21(7-8-23(22)31-19)30-18-20-5-3-2-4-6-20/h2-8,17H,9-16,18H2,1H3. The van der Waals surface area contributed by atoms with Gasteiger partial charge in [-0.25, -0.2) is 0 Å². The summed E-state index contributed by atoms with van der Waals surface area (Å²) < 4.78 is 17.5. The fraction of sp³-hybridized carbons (Fsp3) is 0.423. The molecule has 2 aliphatic heterocycles. The maximum Gasteiger partial charge on any atom is 0.258 e. The van der Waals surface area contributed by atoms with Crippen molar-refractivity contribution in [2.45, 2.75) is 39.2 Å². The van der Waals surface area contributed by atoms with E-state index in [4.69, 9.17) is 13.9 Å². The Bertz CT molecular complexity index is 1060. The molecule has 0 aliphatic carbocycles. The Labute approximate surface area is 182 Å². The summed E-state index contributed by atoms with van der Waals surface area (Å²) in [5, 5.41) is 0.833. The quantitative estimate of drug-likeness (QED) is 0.572. The third-order valence-corrected chi connectivity index (χ3v) is 6.96. The van der Waals surface area contributed by atoms with E-state index < -0.39 is 0 Å². The van der Waals surface area contributed by atoms with Crippen molar-refractivity contribution in [1.82, 2.24) is 4.90 Å². The molecule has 5 heteroatoms. The zero-order valence-corrected chi connectivity index (χ0v) is 18.1. The number of hydrogen-bond acceptors (Lipinski definition) is 4. The van der Waals surface area contributed by atoms with E-state index in [1.54, 1.807) is 0 Å². The van der Waals surface area contributed by atoms with Gasteiger partial charge in [0.15, 0.2) is 0 Å². The average molecular weight is 420 g/mol. The lowest BCUT2D eigenvalue weighted by molar-refractivity contribution is -0.0175. The number of carbonyl (C=O) groups is 1. The van der Waals surface area contributed by atoms with Crippen LogP contribution in [0.4, 0.5) is 0 Å². The van der Waals surface area contributed by atoms with Crippen molar-refractivity contribution in [3.8, 4) is 5.75 Å². The van der Waals surface area contributed by atoms with E-state index >= 15 is 0 Å². The molecule has 0 bridgehead atoms. The van der Waals surface area contributed by atoms with Crippen LogP contribution in [0.3, 0.4) is 0 Å². The lowest BCUT2D eigenvalue weighted by atomic mass is 9.72. The molecule has 3 heterocycles. The van der Waals surface area contributed by atoms with Crippen molar-refractivity contribution in [2.75, 3.05) is 26.3 Å². The van der Waals surface area contributed by atoms with Crippen molar-refractivity contribution in [1.29, 1.82) is 0 Å². The predicted octanol–water partition coefficient (Wildman–Crippen LogP) is 5.35. The van der Waals surface area contributed by atoms with Crippen LogP contribution < -0.4 is 4.74 Å². The fourth-order valence-corrected chi connectivity index (χ4v) is 4.94. The smallest absolute Gasteiger partial charge is 0.258 e. The summed E-state index contributed by atoms with van der Waals surface area (Å²) in [5.41, 5.74) is 2.87. The van der Waals surface area contributed by atoms with Crippen LogP contribution in [0.2, 0.25) is 0 Å². The first kappa shape index (κ1) is 20.1. The molecule has 1 spiro atoms. The normalized spacial score (nSPS) is 18.4. The van der Waals surface area contributed by atoms with Crippen LogP contribution in [-0.2, 0) is 11.3 Å². The molecule has 5 rings (SSSR count). The van der Waals surface area contributed by atoms with E-state index in [2.05, 4.69) is 0 Å². The molecular weight excluding hydrogens is 390 g/mol. The van der Waals surface area contributed by atoms with Gasteiger partial charge in [0.1, 0.15) is 23.7 Å². The topological polar surface area (TPSA) is 51.9 Å². The first-order valence-electron chi connectivity index (χ1n) is 11.2. The van der Waals surface area contributed by atoms with Gasteiger partial charge in [0.2, 0.25) is 0 Å². The van der Waals surface area contributed by atoms with Gasteiger partial charge < -0.3 is 18.8 Å². The Hall–Kier alpha value is -2.79. The summed E-state index contributed by atoms with van der Waals surface area (Å²) in [5.74, 6) is 1.48. The number of furan rings is 1. The minimum absolute atomic E-state index is 0.0679. The number of rotatable bonds is 4. The molecule has 162 valence electrons. The second kappa shape index (κ2) is 8.39. The maximum absolute atomic E-state index is 13.5. The molecule has 2 fully saturated rings. The minimum atomic E-state index is 0.0679. The third-order valence-electron chi connectivity index (χ3n) is 6.96. The fourth-order valence-electron chi connectivity index (χ4n) is 4.94. The molecule has 0 radical (unpaired) electrons. The Morgan fingerprint density at radius 1 is 1.03 bits per heavy atom. The van der Waals surface area contributed by atoms with Crippen molar-refractivity contribution < 1.29 is 18.7 Å². The molecule has 1 aromatic heterocycles. The number of fused-ring (bicyclic) bond motifs is 1. The molecule has 0 atom stereocenters. The Morgan fingerprint density at radius 2 is 1.77 bits per heavy atom. The second-order valence-electron chi connectivity index (χ2n) is 8.87. The molecule has 2 saturated heterocycles. The van der Waals surface area contributed by atoms with Crippen LogP contribution in [-0.4, -0.2) is 37.1 Å². The van der Waals surface area contributed by atoms with Crippen LogP contribution in [0, 0.1) is 12.3 Å². The number of benzene rings is 2. The monoisotopic (exact) mass is 419 g/mol. The summed E-state index contributed by atoms with van der Waals surface area (Å²) in [6.07, 6.45) is 4.35. The summed E-state index contributed by atoms with van der Waals surface area (Å²) in [4.78, 5) is 15.5. The van der Waals surface area contributed by atoms with E-state index in [0.29, 0.717) is 23.3 Å². The number of carbonyl (C=O) groups excluding carboxylic acids is 1. The summed E-state index contributed by atoms with van der Waals surface area (Å²) in [6, 6.07) is 15.8. The Kier molecular flexibility index (Phi) is 5.45. The molecular formula is C26H29NO4. The van der Waals surface area contributed by atoms with Crippen molar-refractivity contribution in [3.63, 3.8) is 0 Å². The van der Waals surface area contributed by atoms with Crippen LogP contribution in [0.15, 0.2) is 52.9 Å². The number of hydrogen-bond donors (Lipinski definition) is 0. The summed E-state index contributed by atoms with van der Waals surface area (Å²) >= 11 is 0. The third kappa shape index (κ3) is 4.07. The highest BCUT2D eigenvalue weighted by molar-refractivity contribution is 6.07. The number of piperidine rings is 1. The van der Waals surface area contributed by atoms with E-state index in [9.17, 15) is 4.79 Å². The highest BCUT2D eigenvalue weighted by atomic mass is 16.5. The first-order valence-corrected chi connectivity index (χ1v) is 11.2. The molecule has 5 nitrogen and oxygen atoms in total. The zero-order chi connectivity index (χ0) is 21.3. The van der Waals surface area contributed by atoms with Gasteiger partial charge >= 0.3 is 0 Å². The Balaban J connectivity index is 1.34. The van der Waals surface area contributed by atoms with E-state index in [0.717, 1.165) is 74.3 Å². The van der Waals surface area contributed by atoms with Gasteiger partial charge in [0.25, 0.3) is 5.91 Å². The molecule has 1 amide bonds.